The molecule has 2 aromatic rings. The van der Waals surface area contributed by atoms with E-state index in [1.165, 1.54) is 12.1 Å². The summed E-state index contributed by atoms with van der Waals surface area (Å²) in [5, 5.41) is 3.16. The summed E-state index contributed by atoms with van der Waals surface area (Å²) < 4.78 is 14.3. The number of nitrogens with zero attached hydrogens (tertiary/aromatic N) is 2. The Bertz CT molecular complexity index is 552. The largest absolute Gasteiger partial charge is 0.369 e. The predicted molar refractivity (Wildman–Crippen MR) is 79.0 cm³/mol. The fourth-order valence-electron chi connectivity index (χ4n) is 1.66. The molecule has 18 heavy (non-hydrogen) atoms. The number of rotatable bonds is 3. The van der Waals surface area contributed by atoms with Crippen LogP contribution < -0.4 is 5.32 Å². The van der Waals surface area contributed by atoms with Crippen molar-refractivity contribution >= 4 is 28.4 Å². The number of hydrogen-bond donors (Lipinski definition) is 1. The number of nitrogens with one attached hydrogen (secondary N) is 1. The van der Waals surface area contributed by atoms with Gasteiger partial charge in [0.05, 0.1) is 3.57 Å². The maximum atomic E-state index is 13.4. The lowest BCUT2D eigenvalue weighted by molar-refractivity contribution is 0.627. The third-order valence-electron chi connectivity index (χ3n) is 2.39. The van der Waals surface area contributed by atoms with Crippen LogP contribution >= 0.6 is 22.6 Å². The van der Waals surface area contributed by atoms with Gasteiger partial charge < -0.3 is 5.32 Å². The molecule has 3 nitrogen and oxygen atoms in total. The van der Waals surface area contributed by atoms with Crippen molar-refractivity contribution in [3.05, 3.63) is 39.3 Å². The summed E-state index contributed by atoms with van der Waals surface area (Å²) in [5.74, 6) is 1.05. The normalized spacial score (nSPS) is 10.4. The van der Waals surface area contributed by atoms with Crippen molar-refractivity contribution < 1.29 is 4.39 Å². The van der Waals surface area contributed by atoms with E-state index in [9.17, 15) is 4.39 Å². The quantitative estimate of drug-likeness (QED) is 0.853. The van der Waals surface area contributed by atoms with Crippen LogP contribution in [0.5, 0.6) is 0 Å². The van der Waals surface area contributed by atoms with Crippen LogP contribution in [-0.4, -0.2) is 16.5 Å². The molecule has 0 spiro atoms. The minimum absolute atomic E-state index is 0.267. The molecule has 1 aromatic carbocycles. The van der Waals surface area contributed by atoms with Crippen molar-refractivity contribution in [1.29, 1.82) is 0 Å². The number of anilines is 1. The van der Waals surface area contributed by atoms with Crippen molar-refractivity contribution in [2.75, 3.05) is 11.9 Å². The van der Waals surface area contributed by atoms with Crippen molar-refractivity contribution in [3.63, 3.8) is 0 Å². The van der Waals surface area contributed by atoms with Crippen LogP contribution in [0.3, 0.4) is 0 Å². The van der Waals surface area contributed by atoms with Crippen LogP contribution in [-0.2, 0) is 0 Å². The van der Waals surface area contributed by atoms with E-state index in [0.29, 0.717) is 11.4 Å². The topological polar surface area (TPSA) is 37.8 Å². The molecule has 0 aliphatic rings. The molecular formula is C13H13FIN3. The number of hydrogen-bond acceptors (Lipinski definition) is 3. The van der Waals surface area contributed by atoms with E-state index in [0.717, 1.165) is 21.5 Å². The third kappa shape index (κ3) is 2.95. The number of aryl methyl sites for hydroxylation is 1. The van der Waals surface area contributed by atoms with Crippen LogP contribution in [0.25, 0.3) is 11.4 Å². The molecule has 0 atom stereocenters. The van der Waals surface area contributed by atoms with E-state index >= 15 is 0 Å². The Hall–Kier alpha value is -1.24. The molecule has 0 unspecified atom stereocenters. The highest BCUT2D eigenvalue weighted by atomic mass is 127. The molecule has 0 aliphatic carbocycles. The van der Waals surface area contributed by atoms with Gasteiger partial charge in [-0.1, -0.05) is 0 Å². The lowest BCUT2D eigenvalue weighted by Gasteiger charge is -2.08. The Morgan fingerprint density at radius 2 is 2.11 bits per heavy atom. The van der Waals surface area contributed by atoms with Crippen molar-refractivity contribution in [2.45, 2.75) is 13.8 Å². The molecule has 1 aromatic heterocycles. The first-order chi connectivity index (χ1) is 8.60. The molecule has 0 aliphatic heterocycles. The number of halogens is 2. The van der Waals surface area contributed by atoms with Crippen LogP contribution in [0, 0.1) is 16.3 Å². The smallest absolute Gasteiger partial charge is 0.161 e. The zero-order valence-electron chi connectivity index (χ0n) is 10.2. The first kappa shape index (κ1) is 13.2. The van der Waals surface area contributed by atoms with Crippen LogP contribution in [0.2, 0.25) is 0 Å². The molecule has 2 rings (SSSR count). The molecule has 5 heteroatoms. The standard InChI is InChI=1S/C13H13FIN3/c1-3-16-13-11(15)7-17-12(18-13)9-4-8(2)5-10(14)6-9/h4-7H,3H2,1-2H3,(H,16,17,18). The van der Waals surface area contributed by atoms with E-state index in [2.05, 4.69) is 37.9 Å². The molecular weight excluding hydrogens is 344 g/mol. The summed E-state index contributed by atoms with van der Waals surface area (Å²) in [6.45, 7) is 4.64. The van der Waals surface area contributed by atoms with Gasteiger partial charge in [-0.25, -0.2) is 14.4 Å². The highest BCUT2D eigenvalue weighted by molar-refractivity contribution is 14.1. The van der Waals surface area contributed by atoms with E-state index in [1.54, 1.807) is 6.20 Å². The van der Waals surface area contributed by atoms with Crippen molar-refractivity contribution in [3.8, 4) is 11.4 Å². The lowest BCUT2D eigenvalue weighted by atomic mass is 10.1. The highest BCUT2D eigenvalue weighted by Gasteiger charge is 2.08. The van der Waals surface area contributed by atoms with E-state index < -0.39 is 0 Å². The molecule has 0 amide bonds. The first-order valence-corrected chi connectivity index (χ1v) is 6.72. The Morgan fingerprint density at radius 3 is 2.78 bits per heavy atom. The van der Waals surface area contributed by atoms with Gasteiger partial charge in [0.25, 0.3) is 0 Å². The Kier molecular flexibility index (Phi) is 4.11. The van der Waals surface area contributed by atoms with Gasteiger partial charge in [-0.15, -0.1) is 0 Å². The monoisotopic (exact) mass is 357 g/mol. The molecule has 0 saturated heterocycles. The zero-order valence-corrected chi connectivity index (χ0v) is 12.3. The van der Waals surface area contributed by atoms with Crippen molar-refractivity contribution in [1.82, 2.24) is 9.97 Å². The van der Waals surface area contributed by atoms with E-state index in [-0.39, 0.29) is 5.82 Å². The molecule has 0 fully saturated rings. The van der Waals surface area contributed by atoms with Gasteiger partial charge in [-0.05, 0) is 60.2 Å². The van der Waals surface area contributed by atoms with Gasteiger partial charge >= 0.3 is 0 Å². The first-order valence-electron chi connectivity index (χ1n) is 5.64. The fourth-order valence-corrected chi connectivity index (χ4v) is 2.11. The second kappa shape index (κ2) is 5.60. The summed E-state index contributed by atoms with van der Waals surface area (Å²) in [5.41, 5.74) is 1.56. The van der Waals surface area contributed by atoms with Crippen LogP contribution in [0.4, 0.5) is 10.2 Å². The lowest BCUT2D eigenvalue weighted by Crippen LogP contribution is -2.03. The molecule has 1 heterocycles. The summed E-state index contributed by atoms with van der Waals surface area (Å²) in [4.78, 5) is 8.67. The zero-order chi connectivity index (χ0) is 13.1. The molecule has 1 N–H and O–H groups in total. The van der Waals surface area contributed by atoms with Gasteiger partial charge in [0.2, 0.25) is 0 Å². The van der Waals surface area contributed by atoms with Crippen molar-refractivity contribution in [2.24, 2.45) is 0 Å². The molecule has 0 bridgehead atoms. The van der Waals surface area contributed by atoms with Gasteiger partial charge in [0.1, 0.15) is 11.6 Å². The summed E-state index contributed by atoms with van der Waals surface area (Å²) >= 11 is 2.17. The third-order valence-corrected chi connectivity index (χ3v) is 3.18. The number of aromatic nitrogens is 2. The van der Waals surface area contributed by atoms with Crippen LogP contribution in [0.1, 0.15) is 12.5 Å². The summed E-state index contributed by atoms with van der Waals surface area (Å²) in [7, 11) is 0. The maximum absolute atomic E-state index is 13.4. The van der Waals surface area contributed by atoms with Gasteiger partial charge in [0, 0.05) is 18.3 Å². The molecule has 0 radical (unpaired) electrons. The molecule has 94 valence electrons. The minimum Gasteiger partial charge on any atom is -0.369 e. The maximum Gasteiger partial charge on any atom is 0.161 e. The second-order valence-corrected chi connectivity index (χ2v) is 5.10. The number of benzene rings is 1. The van der Waals surface area contributed by atoms with Gasteiger partial charge in [-0.2, -0.15) is 0 Å². The Balaban J connectivity index is 2.47. The summed E-state index contributed by atoms with van der Waals surface area (Å²) in [6.07, 6.45) is 1.74. The SMILES string of the molecule is CCNc1nc(-c2cc(C)cc(F)c2)ncc1I. The van der Waals surface area contributed by atoms with E-state index in [1.807, 2.05) is 19.9 Å². The average Bonchev–Trinajstić information content (AvgIpc) is 2.31. The highest BCUT2D eigenvalue weighted by Crippen LogP contribution is 2.22. The van der Waals surface area contributed by atoms with Gasteiger partial charge in [0.15, 0.2) is 5.82 Å². The molecule has 0 saturated carbocycles. The minimum atomic E-state index is -0.267. The second-order valence-electron chi connectivity index (χ2n) is 3.94. The van der Waals surface area contributed by atoms with Gasteiger partial charge in [-0.3, -0.25) is 0 Å². The summed E-state index contributed by atoms with van der Waals surface area (Å²) in [6, 6.07) is 4.81. The predicted octanol–water partition coefficient (Wildman–Crippen LogP) is 3.63. The Morgan fingerprint density at radius 1 is 1.33 bits per heavy atom. The van der Waals surface area contributed by atoms with Crippen LogP contribution in [0.15, 0.2) is 24.4 Å². The van der Waals surface area contributed by atoms with E-state index in [4.69, 9.17) is 0 Å². The fraction of sp³-hybridized carbons (Fsp3) is 0.231. The average molecular weight is 357 g/mol. The Labute approximate surface area is 119 Å².